The highest BCUT2D eigenvalue weighted by Gasteiger charge is 2.06. The first-order valence-electron chi connectivity index (χ1n) is 7.37. The number of hydrazone groups is 1. The van der Waals surface area contributed by atoms with E-state index in [0.717, 1.165) is 11.3 Å². The number of anilines is 1. The molecule has 3 aromatic rings. The number of nitrogens with two attached hydrogens (primary N) is 1. The second-order valence-corrected chi connectivity index (χ2v) is 4.98. The number of carbonyl (C=O) groups is 1. The molecule has 25 heavy (non-hydrogen) atoms. The molecule has 9 nitrogen and oxygen atoms in total. The molecule has 0 atom stereocenters. The highest BCUT2D eigenvalue weighted by Crippen LogP contribution is 2.21. The molecular weight excluding hydrogens is 322 g/mol. The van der Waals surface area contributed by atoms with Gasteiger partial charge in [0.1, 0.15) is 18.0 Å². The van der Waals surface area contributed by atoms with Gasteiger partial charge in [0.25, 0.3) is 5.91 Å². The van der Waals surface area contributed by atoms with Crippen molar-refractivity contribution in [2.24, 2.45) is 5.10 Å². The maximum atomic E-state index is 11.7. The third kappa shape index (κ3) is 4.61. The molecule has 0 aliphatic carbocycles. The van der Waals surface area contributed by atoms with Gasteiger partial charge < -0.3 is 10.5 Å². The summed E-state index contributed by atoms with van der Waals surface area (Å²) >= 11 is 0. The van der Waals surface area contributed by atoms with Crippen LogP contribution in [0.4, 0.5) is 5.95 Å². The number of benzene rings is 2. The Balaban J connectivity index is 1.57. The zero-order chi connectivity index (χ0) is 17.5. The van der Waals surface area contributed by atoms with Crippen LogP contribution in [0.2, 0.25) is 0 Å². The summed E-state index contributed by atoms with van der Waals surface area (Å²) in [7, 11) is 0. The van der Waals surface area contributed by atoms with Gasteiger partial charge in [-0.1, -0.05) is 35.4 Å². The van der Waals surface area contributed by atoms with Crippen molar-refractivity contribution in [3.8, 4) is 11.5 Å². The summed E-state index contributed by atoms with van der Waals surface area (Å²) in [6.45, 7) is -0.118. The zero-order valence-electron chi connectivity index (χ0n) is 13.1. The number of amides is 1. The fourth-order valence-electron chi connectivity index (χ4n) is 1.96. The summed E-state index contributed by atoms with van der Waals surface area (Å²) in [5.41, 5.74) is 8.64. The number of carbonyl (C=O) groups excluding carboxylic acids is 1. The van der Waals surface area contributed by atoms with Crippen LogP contribution < -0.4 is 15.9 Å². The SMILES string of the molecule is Nc1nnnn1CC(=O)N/N=C/c1cccc(Oc2ccccc2)c1. The van der Waals surface area contributed by atoms with E-state index in [-0.39, 0.29) is 12.5 Å². The minimum atomic E-state index is -0.396. The van der Waals surface area contributed by atoms with Crippen LogP contribution in [-0.4, -0.2) is 32.3 Å². The lowest BCUT2D eigenvalue weighted by Crippen LogP contribution is -2.24. The third-order valence-corrected chi connectivity index (χ3v) is 3.09. The van der Waals surface area contributed by atoms with Gasteiger partial charge in [-0.3, -0.25) is 4.79 Å². The minimum Gasteiger partial charge on any atom is -0.457 e. The van der Waals surface area contributed by atoms with Crippen LogP contribution in [0.3, 0.4) is 0 Å². The molecule has 0 aliphatic heterocycles. The highest BCUT2D eigenvalue weighted by molar-refractivity contribution is 5.82. The number of rotatable bonds is 6. The van der Waals surface area contributed by atoms with E-state index in [0.29, 0.717) is 5.75 Å². The van der Waals surface area contributed by atoms with E-state index in [4.69, 9.17) is 10.5 Å². The van der Waals surface area contributed by atoms with Crippen LogP contribution in [0.5, 0.6) is 11.5 Å². The average Bonchev–Trinajstić information content (AvgIpc) is 3.01. The molecule has 9 heteroatoms. The number of nitrogens with zero attached hydrogens (tertiary/aromatic N) is 5. The summed E-state index contributed by atoms with van der Waals surface area (Å²) in [6.07, 6.45) is 1.51. The number of hydrogen-bond acceptors (Lipinski definition) is 7. The smallest absolute Gasteiger partial charge is 0.261 e. The summed E-state index contributed by atoms with van der Waals surface area (Å²) in [6, 6.07) is 16.8. The maximum absolute atomic E-state index is 11.7. The molecule has 0 bridgehead atoms. The van der Waals surface area contributed by atoms with E-state index < -0.39 is 5.91 Å². The first-order chi connectivity index (χ1) is 12.2. The average molecular weight is 337 g/mol. The first-order valence-corrected chi connectivity index (χ1v) is 7.37. The second kappa shape index (κ2) is 7.68. The molecule has 1 aromatic heterocycles. The first kappa shape index (κ1) is 16.1. The van der Waals surface area contributed by atoms with Crippen molar-refractivity contribution < 1.29 is 9.53 Å². The minimum absolute atomic E-state index is 0.0601. The van der Waals surface area contributed by atoms with Gasteiger partial charge >= 0.3 is 0 Å². The number of para-hydroxylation sites is 1. The Kier molecular flexibility index (Phi) is 4.95. The Bertz CT molecular complexity index is 877. The van der Waals surface area contributed by atoms with Crippen LogP contribution in [0.1, 0.15) is 5.56 Å². The number of nitrogen functional groups attached to an aromatic ring is 1. The van der Waals surface area contributed by atoms with Crippen LogP contribution >= 0.6 is 0 Å². The normalized spacial score (nSPS) is 10.7. The molecule has 0 saturated heterocycles. The monoisotopic (exact) mass is 337 g/mol. The summed E-state index contributed by atoms with van der Waals surface area (Å²) in [5, 5.41) is 14.3. The Morgan fingerprint density at radius 2 is 2.00 bits per heavy atom. The number of aromatic nitrogens is 4. The molecule has 2 aromatic carbocycles. The van der Waals surface area contributed by atoms with E-state index in [2.05, 4.69) is 26.1 Å². The lowest BCUT2D eigenvalue weighted by molar-refractivity contribution is -0.121. The van der Waals surface area contributed by atoms with E-state index >= 15 is 0 Å². The molecule has 0 spiro atoms. The number of nitrogens with one attached hydrogen (secondary N) is 1. The Morgan fingerprint density at radius 1 is 1.20 bits per heavy atom. The fraction of sp³-hybridized carbons (Fsp3) is 0.0625. The molecule has 0 radical (unpaired) electrons. The predicted molar refractivity (Wildman–Crippen MR) is 90.9 cm³/mol. The molecule has 0 unspecified atom stereocenters. The Morgan fingerprint density at radius 3 is 2.76 bits per heavy atom. The van der Waals surface area contributed by atoms with Gasteiger partial charge in [0.05, 0.1) is 6.21 Å². The Hall–Kier alpha value is -3.75. The van der Waals surface area contributed by atoms with Crippen LogP contribution in [0.25, 0.3) is 0 Å². The largest absolute Gasteiger partial charge is 0.457 e. The van der Waals surface area contributed by atoms with Gasteiger partial charge in [-0.15, -0.1) is 0 Å². The molecule has 1 amide bonds. The fourth-order valence-corrected chi connectivity index (χ4v) is 1.96. The molecule has 0 saturated carbocycles. The molecular formula is C16H15N7O2. The van der Waals surface area contributed by atoms with Gasteiger partial charge in [-0.05, 0) is 40.3 Å². The number of hydrogen-bond donors (Lipinski definition) is 2. The van der Waals surface area contributed by atoms with Crippen molar-refractivity contribution in [3.05, 3.63) is 60.2 Å². The molecule has 0 fully saturated rings. The number of ether oxygens (including phenoxy) is 1. The summed E-state index contributed by atoms with van der Waals surface area (Å²) < 4.78 is 6.91. The Labute approximate surface area is 143 Å². The van der Waals surface area contributed by atoms with Crippen molar-refractivity contribution in [1.29, 1.82) is 0 Å². The van der Waals surface area contributed by atoms with Crippen molar-refractivity contribution in [1.82, 2.24) is 25.6 Å². The standard InChI is InChI=1S/C16H15N7O2/c17-16-20-21-22-23(16)11-15(24)19-18-10-12-5-4-8-14(9-12)25-13-6-2-1-3-7-13/h1-10H,11H2,(H,19,24)(H2,17,20,22)/b18-10+. The van der Waals surface area contributed by atoms with E-state index in [1.54, 1.807) is 0 Å². The molecule has 3 N–H and O–H groups in total. The van der Waals surface area contributed by atoms with Gasteiger partial charge in [0.2, 0.25) is 5.95 Å². The van der Waals surface area contributed by atoms with Crippen LogP contribution in [0.15, 0.2) is 59.7 Å². The van der Waals surface area contributed by atoms with Crippen molar-refractivity contribution in [2.75, 3.05) is 5.73 Å². The summed E-state index contributed by atoms with van der Waals surface area (Å²) in [4.78, 5) is 11.7. The van der Waals surface area contributed by atoms with Crippen molar-refractivity contribution in [3.63, 3.8) is 0 Å². The second-order valence-electron chi connectivity index (χ2n) is 4.98. The van der Waals surface area contributed by atoms with Crippen molar-refractivity contribution in [2.45, 2.75) is 6.54 Å². The highest BCUT2D eigenvalue weighted by atomic mass is 16.5. The summed E-state index contributed by atoms with van der Waals surface area (Å²) in [5.74, 6) is 1.07. The maximum Gasteiger partial charge on any atom is 0.261 e. The van der Waals surface area contributed by atoms with Gasteiger partial charge in [0.15, 0.2) is 0 Å². The van der Waals surface area contributed by atoms with Gasteiger partial charge in [0, 0.05) is 0 Å². The molecule has 0 aliphatic rings. The van der Waals surface area contributed by atoms with Crippen molar-refractivity contribution >= 4 is 18.1 Å². The quantitative estimate of drug-likeness (QED) is 0.515. The van der Waals surface area contributed by atoms with E-state index in [1.807, 2.05) is 54.6 Å². The van der Waals surface area contributed by atoms with E-state index in [1.165, 1.54) is 10.9 Å². The molecule has 3 rings (SSSR count). The lowest BCUT2D eigenvalue weighted by Gasteiger charge is -2.05. The topological polar surface area (TPSA) is 120 Å². The molecule has 126 valence electrons. The molecule has 1 heterocycles. The van der Waals surface area contributed by atoms with Crippen LogP contribution in [-0.2, 0) is 11.3 Å². The van der Waals surface area contributed by atoms with Gasteiger partial charge in [-0.25, -0.2) is 10.1 Å². The third-order valence-electron chi connectivity index (χ3n) is 3.09. The zero-order valence-corrected chi connectivity index (χ0v) is 13.1. The van der Waals surface area contributed by atoms with E-state index in [9.17, 15) is 4.79 Å². The number of tetrazole rings is 1. The predicted octanol–water partition coefficient (Wildman–Crippen LogP) is 1.20. The van der Waals surface area contributed by atoms with Gasteiger partial charge in [-0.2, -0.15) is 5.10 Å². The lowest BCUT2D eigenvalue weighted by atomic mass is 10.2. The van der Waals surface area contributed by atoms with Crippen LogP contribution in [0, 0.1) is 0 Å².